The van der Waals surface area contributed by atoms with Crippen molar-refractivity contribution in [2.45, 2.75) is 20.1 Å². The number of nitrogens with one attached hydrogen (secondary N) is 1. The van der Waals surface area contributed by atoms with Crippen LogP contribution in [0.5, 0.6) is 5.75 Å². The first kappa shape index (κ1) is 22.0. The molecule has 0 bridgehead atoms. The molecule has 33 heavy (non-hydrogen) atoms. The number of hydrogen-bond acceptors (Lipinski definition) is 7. The molecular weight excluding hydrogens is 428 g/mol. The summed E-state index contributed by atoms with van der Waals surface area (Å²) in [6.07, 6.45) is 0. The van der Waals surface area contributed by atoms with Gasteiger partial charge >= 0.3 is 5.97 Å². The summed E-state index contributed by atoms with van der Waals surface area (Å²) in [7, 11) is 0. The zero-order valence-electron chi connectivity index (χ0n) is 17.7. The largest absolute Gasteiger partial charge is 0.467 e. The summed E-state index contributed by atoms with van der Waals surface area (Å²) in [4.78, 5) is 36.2. The van der Waals surface area contributed by atoms with Crippen LogP contribution in [0.1, 0.15) is 37.4 Å². The molecule has 9 nitrogen and oxygen atoms in total. The van der Waals surface area contributed by atoms with Gasteiger partial charge in [0.05, 0.1) is 22.8 Å². The number of para-hydroxylation sites is 1. The first-order valence-electron chi connectivity index (χ1n) is 10.1. The third-order valence-electron chi connectivity index (χ3n) is 5.02. The maximum atomic E-state index is 12.8. The molecule has 0 saturated carbocycles. The number of carbonyl (C=O) groups is 2. The topological polar surface area (TPSA) is 117 Å². The van der Waals surface area contributed by atoms with Gasteiger partial charge in [-0.05, 0) is 31.2 Å². The minimum atomic E-state index is -0.692. The van der Waals surface area contributed by atoms with Crippen molar-refractivity contribution >= 4 is 23.3 Å². The van der Waals surface area contributed by atoms with Crippen molar-refractivity contribution < 1.29 is 28.7 Å². The Bertz CT molecular complexity index is 1240. The van der Waals surface area contributed by atoms with Crippen molar-refractivity contribution in [3.05, 3.63) is 98.6 Å². The molecule has 168 valence electrons. The SMILES string of the molecule is Cc1cccc(C(=O)Nc2ccccc2C(=O)OCc2cc([N+](=O)[O-])cc3c2OCOC3)c1. The van der Waals surface area contributed by atoms with Crippen molar-refractivity contribution in [3.63, 3.8) is 0 Å². The Kier molecular flexibility index (Phi) is 6.32. The van der Waals surface area contributed by atoms with E-state index < -0.39 is 10.9 Å². The highest BCUT2D eigenvalue weighted by Crippen LogP contribution is 2.33. The number of amides is 1. The molecule has 4 rings (SSSR count). The van der Waals surface area contributed by atoms with Crippen LogP contribution in [0.25, 0.3) is 0 Å². The molecule has 0 fully saturated rings. The first-order chi connectivity index (χ1) is 15.9. The van der Waals surface area contributed by atoms with Crippen LogP contribution in [-0.2, 0) is 22.7 Å². The maximum absolute atomic E-state index is 12.8. The molecular formula is C24H20N2O7. The van der Waals surface area contributed by atoms with E-state index in [2.05, 4.69) is 5.32 Å². The minimum absolute atomic E-state index is 0.000414. The molecule has 0 spiro atoms. The second kappa shape index (κ2) is 9.49. The number of aryl methyl sites for hydroxylation is 1. The van der Waals surface area contributed by atoms with E-state index in [4.69, 9.17) is 14.2 Å². The van der Waals surface area contributed by atoms with Gasteiger partial charge in [0.2, 0.25) is 0 Å². The molecule has 0 radical (unpaired) electrons. The van der Waals surface area contributed by atoms with Gasteiger partial charge in [-0.1, -0.05) is 29.8 Å². The molecule has 1 amide bonds. The smallest absolute Gasteiger partial charge is 0.340 e. The number of anilines is 1. The Morgan fingerprint density at radius 1 is 1.12 bits per heavy atom. The summed E-state index contributed by atoms with van der Waals surface area (Å²) in [5.74, 6) is -0.650. The van der Waals surface area contributed by atoms with Gasteiger partial charge < -0.3 is 19.5 Å². The monoisotopic (exact) mass is 448 g/mol. The van der Waals surface area contributed by atoms with Crippen molar-refractivity contribution in [1.82, 2.24) is 0 Å². The van der Waals surface area contributed by atoms with Gasteiger partial charge in [-0.2, -0.15) is 0 Å². The molecule has 0 aromatic heterocycles. The van der Waals surface area contributed by atoms with Crippen molar-refractivity contribution in [2.75, 3.05) is 12.1 Å². The van der Waals surface area contributed by atoms with Gasteiger partial charge in [0.1, 0.15) is 12.4 Å². The number of esters is 1. The average Bonchev–Trinajstić information content (AvgIpc) is 2.82. The van der Waals surface area contributed by atoms with Crippen molar-refractivity contribution in [1.29, 1.82) is 0 Å². The quantitative estimate of drug-likeness (QED) is 0.338. The van der Waals surface area contributed by atoms with E-state index in [9.17, 15) is 19.7 Å². The zero-order chi connectivity index (χ0) is 23.4. The summed E-state index contributed by atoms with van der Waals surface area (Å²) in [5.41, 5.74) is 2.55. The van der Waals surface area contributed by atoms with Crippen LogP contribution in [0.2, 0.25) is 0 Å². The van der Waals surface area contributed by atoms with Gasteiger partial charge in [0.15, 0.2) is 6.79 Å². The van der Waals surface area contributed by atoms with Crippen LogP contribution >= 0.6 is 0 Å². The molecule has 0 aliphatic carbocycles. The fraction of sp³-hybridized carbons (Fsp3) is 0.167. The number of carbonyl (C=O) groups excluding carboxylic acids is 2. The molecule has 1 heterocycles. The lowest BCUT2D eigenvalue weighted by Gasteiger charge is -2.20. The minimum Gasteiger partial charge on any atom is -0.467 e. The van der Waals surface area contributed by atoms with Crippen LogP contribution in [0.4, 0.5) is 11.4 Å². The van der Waals surface area contributed by atoms with E-state index >= 15 is 0 Å². The molecule has 9 heteroatoms. The van der Waals surface area contributed by atoms with Crippen LogP contribution in [0, 0.1) is 17.0 Å². The van der Waals surface area contributed by atoms with E-state index in [-0.39, 0.29) is 37.2 Å². The molecule has 1 aliphatic rings. The number of benzene rings is 3. The van der Waals surface area contributed by atoms with E-state index in [1.807, 2.05) is 13.0 Å². The number of fused-ring (bicyclic) bond motifs is 1. The fourth-order valence-electron chi connectivity index (χ4n) is 3.47. The number of rotatable bonds is 6. The predicted octanol–water partition coefficient (Wildman–Crippen LogP) is 4.38. The molecule has 1 N–H and O–H groups in total. The normalized spacial score (nSPS) is 12.3. The highest BCUT2D eigenvalue weighted by atomic mass is 16.7. The standard InChI is InChI=1S/C24H20N2O7/c1-15-5-4-6-16(9-15)23(27)25-21-8-3-2-7-20(21)24(28)32-13-18-11-19(26(29)30)10-17-12-31-14-33-22(17)18/h2-11H,12-14H2,1H3,(H,25,27). The number of hydrogen-bond donors (Lipinski definition) is 1. The number of ether oxygens (including phenoxy) is 3. The Morgan fingerprint density at radius 2 is 1.94 bits per heavy atom. The Hall–Kier alpha value is -4.24. The van der Waals surface area contributed by atoms with Gasteiger partial charge in [-0.3, -0.25) is 14.9 Å². The Balaban J connectivity index is 1.53. The zero-order valence-corrected chi connectivity index (χ0v) is 17.7. The summed E-state index contributed by atoms with van der Waals surface area (Å²) in [6, 6.07) is 16.2. The van der Waals surface area contributed by atoms with Crippen LogP contribution in [0.15, 0.2) is 60.7 Å². The van der Waals surface area contributed by atoms with Crippen LogP contribution < -0.4 is 10.1 Å². The number of nitro benzene ring substituents is 1. The number of non-ortho nitro benzene ring substituents is 1. The van der Waals surface area contributed by atoms with E-state index in [0.29, 0.717) is 28.1 Å². The lowest BCUT2D eigenvalue weighted by molar-refractivity contribution is -0.385. The lowest BCUT2D eigenvalue weighted by Crippen LogP contribution is -2.17. The molecule has 3 aromatic rings. The molecule has 0 saturated heterocycles. The first-order valence-corrected chi connectivity index (χ1v) is 10.1. The summed E-state index contributed by atoms with van der Waals surface area (Å²) < 4.78 is 16.1. The van der Waals surface area contributed by atoms with Gasteiger partial charge in [0.25, 0.3) is 11.6 Å². The van der Waals surface area contributed by atoms with E-state index in [1.54, 1.807) is 36.4 Å². The van der Waals surface area contributed by atoms with Gasteiger partial charge in [-0.15, -0.1) is 0 Å². The van der Waals surface area contributed by atoms with Crippen molar-refractivity contribution in [2.24, 2.45) is 0 Å². The summed E-state index contributed by atoms with van der Waals surface area (Å²) >= 11 is 0. The van der Waals surface area contributed by atoms with E-state index in [1.165, 1.54) is 18.2 Å². The summed E-state index contributed by atoms with van der Waals surface area (Å²) in [6.45, 7) is 1.79. The van der Waals surface area contributed by atoms with Gasteiger partial charge in [0, 0.05) is 28.8 Å². The Morgan fingerprint density at radius 3 is 2.73 bits per heavy atom. The Labute approximate surface area is 189 Å². The third-order valence-corrected chi connectivity index (χ3v) is 5.02. The molecule has 1 aliphatic heterocycles. The van der Waals surface area contributed by atoms with Crippen molar-refractivity contribution in [3.8, 4) is 5.75 Å². The number of nitro groups is 1. The lowest BCUT2D eigenvalue weighted by atomic mass is 10.1. The van der Waals surface area contributed by atoms with Gasteiger partial charge in [-0.25, -0.2) is 4.79 Å². The van der Waals surface area contributed by atoms with Crippen LogP contribution in [-0.4, -0.2) is 23.6 Å². The van der Waals surface area contributed by atoms with E-state index in [0.717, 1.165) is 5.56 Å². The molecule has 0 unspecified atom stereocenters. The highest BCUT2D eigenvalue weighted by Gasteiger charge is 2.23. The fourth-order valence-corrected chi connectivity index (χ4v) is 3.47. The second-order valence-corrected chi connectivity index (χ2v) is 7.41. The van der Waals surface area contributed by atoms with Crippen LogP contribution in [0.3, 0.4) is 0 Å². The predicted molar refractivity (Wildman–Crippen MR) is 118 cm³/mol. The second-order valence-electron chi connectivity index (χ2n) is 7.41. The summed E-state index contributed by atoms with van der Waals surface area (Å²) in [5, 5.41) is 14.0. The average molecular weight is 448 g/mol. The maximum Gasteiger partial charge on any atom is 0.340 e. The number of nitrogens with zero attached hydrogens (tertiary/aromatic N) is 1. The third kappa shape index (κ3) is 4.99. The highest BCUT2D eigenvalue weighted by molar-refractivity contribution is 6.08. The molecule has 3 aromatic carbocycles. The molecule has 0 atom stereocenters.